The van der Waals surface area contributed by atoms with Crippen LogP contribution in [-0.4, -0.2) is 71.6 Å². The molecular formula is C19H20N6O4S. The topological polar surface area (TPSA) is 103 Å². The normalized spacial score (nSPS) is 17.1. The van der Waals surface area contributed by atoms with Crippen LogP contribution in [0.5, 0.6) is 11.5 Å². The Balaban J connectivity index is 1.30. The molecule has 11 heteroatoms. The Bertz CT molecular complexity index is 1140. The Morgan fingerprint density at radius 3 is 2.43 bits per heavy atom. The fourth-order valence-corrected chi connectivity index (χ4v) is 4.97. The highest BCUT2D eigenvalue weighted by molar-refractivity contribution is 7.89. The summed E-state index contributed by atoms with van der Waals surface area (Å²) in [4.78, 5) is 14.9. The van der Waals surface area contributed by atoms with Crippen LogP contribution in [0.3, 0.4) is 0 Å². The third kappa shape index (κ3) is 3.46. The third-order valence-corrected chi connectivity index (χ3v) is 7.02. The highest BCUT2D eigenvalue weighted by Crippen LogP contribution is 2.33. The standard InChI is InChI=1S/C19H20N6O4S/c26-30(27,15-1-2-16-17(11-15)29-10-9-28-16)25-7-5-23(6-8-25)18-12-19(22-13-21-18)24-4-3-20-14-24/h1-4,11-14H,5-10H2. The summed E-state index contributed by atoms with van der Waals surface area (Å²) in [5.41, 5.74) is 0. The average Bonchev–Trinajstić information content (AvgIpc) is 3.34. The second-order valence-corrected chi connectivity index (χ2v) is 8.84. The molecule has 4 heterocycles. The Labute approximate surface area is 173 Å². The summed E-state index contributed by atoms with van der Waals surface area (Å²) in [6.45, 7) is 2.67. The van der Waals surface area contributed by atoms with Crippen LogP contribution in [0, 0.1) is 0 Å². The fraction of sp³-hybridized carbons (Fsp3) is 0.316. The Morgan fingerprint density at radius 1 is 0.900 bits per heavy atom. The van der Waals surface area contributed by atoms with Gasteiger partial charge in [-0.3, -0.25) is 4.57 Å². The van der Waals surface area contributed by atoms with Gasteiger partial charge in [-0.1, -0.05) is 0 Å². The molecule has 0 saturated carbocycles. The number of fused-ring (bicyclic) bond motifs is 1. The van der Waals surface area contributed by atoms with Crippen LogP contribution in [0.15, 0.2) is 54.2 Å². The lowest BCUT2D eigenvalue weighted by atomic mass is 10.3. The van der Waals surface area contributed by atoms with Crippen molar-refractivity contribution in [2.24, 2.45) is 0 Å². The minimum absolute atomic E-state index is 0.213. The number of hydrogen-bond acceptors (Lipinski definition) is 8. The van der Waals surface area contributed by atoms with Gasteiger partial charge in [0.25, 0.3) is 0 Å². The summed E-state index contributed by atoms with van der Waals surface area (Å²) < 4.78 is 40.5. The van der Waals surface area contributed by atoms with E-state index in [1.165, 1.54) is 16.7 Å². The fourth-order valence-electron chi connectivity index (χ4n) is 3.54. The van der Waals surface area contributed by atoms with E-state index >= 15 is 0 Å². The molecule has 0 atom stereocenters. The van der Waals surface area contributed by atoms with Crippen LogP contribution in [0.2, 0.25) is 0 Å². The van der Waals surface area contributed by atoms with Crippen LogP contribution in [0.4, 0.5) is 5.82 Å². The molecule has 156 valence electrons. The van der Waals surface area contributed by atoms with Crippen molar-refractivity contribution in [3.05, 3.63) is 49.3 Å². The molecule has 2 aliphatic rings. The minimum Gasteiger partial charge on any atom is -0.486 e. The number of rotatable bonds is 4. The van der Waals surface area contributed by atoms with Crippen LogP contribution in [0.1, 0.15) is 0 Å². The molecular weight excluding hydrogens is 408 g/mol. The predicted octanol–water partition coefficient (Wildman–Crippen LogP) is 0.944. The van der Waals surface area contributed by atoms with E-state index in [4.69, 9.17) is 9.47 Å². The number of nitrogens with zero attached hydrogens (tertiary/aromatic N) is 6. The van der Waals surface area contributed by atoms with Crippen molar-refractivity contribution < 1.29 is 17.9 Å². The second kappa shape index (κ2) is 7.58. The van der Waals surface area contributed by atoms with Gasteiger partial charge in [0, 0.05) is 50.7 Å². The SMILES string of the molecule is O=S(=O)(c1ccc2c(c1)OCCO2)N1CCN(c2cc(-n3ccnc3)ncn2)CC1. The second-order valence-electron chi connectivity index (χ2n) is 6.90. The van der Waals surface area contributed by atoms with Gasteiger partial charge < -0.3 is 14.4 Å². The molecule has 1 aromatic carbocycles. The molecule has 0 N–H and O–H groups in total. The number of piperazine rings is 1. The molecule has 10 nitrogen and oxygen atoms in total. The molecule has 2 aliphatic heterocycles. The number of aromatic nitrogens is 4. The molecule has 2 aromatic heterocycles. The van der Waals surface area contributed by atoms with Gasteiger partial charge in [-0.05, 0) is 12.1 Å². The maximum absolute atomic E-state index is 13.1. The highest BCUT2D eigenvalue weighted by atomic mass is 32.2. The lowest BCUT2D eigenvalue weighted by molar-refractivity contribution is 0.171. The number of ether oxygens (including phenoxy) is 2. The minimum atomic E-state index is -3.62. The Hall–Kier alpha value is -3.18. The number of anilines is 1. The molecule has 0 amide bonds. The first kappa shape index (κ1) is 18.8. The summed E-state index contributed by atoms with van der Waals surface area (Å²) in [5.74, 6) is 2.50. The van der Waals surface area contributed by atoms with Gasteiger partial charge >= 0.3 is 0 Å². The van der Waals surface area contributed by atoms with Crippen molar-refractivity contribution in [3.8, 4) is 17.3 Å². The number of benzene rings is 1. The first-order chi connectivity index (χ1) is 14.6. The molecule has 0 unspecified atom stereocenters. The molecule has 5 rings (SSSR count). The van der Waals surface area contributed by atoms with Gasteiger partial charge in [-0.2, -0.15) is 4.31 Å². The molecule has 3 aromatic rings. The maximum Gasteiger partial charge on any atom is 0.243 e. The molecule has 30 heavy (non-hydrogen) atoms. The number of sulfonamides is 1. The summed E-state index contributed by atoms with van der Waals surface area (Å²) in [6, 6.07) is 6.62. The van der Waals surface area contributed by atoms with Crippen molar-refractivity contribution in [3.63, 3.8) is 0 Å². The first-order valence-corrected chi connectivity index (χ1v) is 11.0. The zero-order valence-electron chi connectivity index (χ0n) is 16.1. The average molecular weight is 428 g/mol. The van der Waals surface area contributed by atoms with E-state index in [9.17, 15) is 8.42 Å². The molecule has 1 fully saturated rings. The lowest BCUT2D eigenvalue weighted by Crippen LogP contribution is -2.49. The van der Waals surface area contributed by atoms with Crippen molar-refractivity contribution in [2.45, 2.75) is 4.90 Å². The number of imidazole rings is 1. The predicted molar refractivity (Wildman–Crippen MR) is 108 cm³/mol. The van der Waals surface area contributed by atoms with Gasteiger partial charge in [-0.15, -0.1) is 0 Å². The summed E-state index contributed by atoms with van der Waals surface area (Å²) >= 11 is 0. The van der Waals surface area contributed by atoms with Crippen LogP contribution < -0.4 is 14.4 Å². The zero-order chi connectivity index (χ0) is 20.6. The maximum atomic E-state index is 13.1. The summed E-state index contributed by atoms with van der Waals surface area (Å²) in [6.07, 6.45) is 6.67. The molecule has 0 radical (unpaired) electrons. The molecule has 0 bridgehead atoms. The Morgan fingerprint density at radius 2 is 1.67 bits per heavy atom. The van der Waals surface area contributed by atoms with Gasteiger partial charge in [0.05, 0.1) is 4.90 Å². The zero-order valence-corrected chi connectivity index (χ0v) is 16.9. The van der Waals surface area contributed by atoms with Gasteiger partial charge in [0.15, 0.2) is 11.5 Å². The van der Waals surface area contributed by atoms with E-state index in [-0.39, 0.29) is 4.90 Å². The van der Waals surface area contributed by atoms with E-state index in [1.54, 1.807) is 29.2 Å². The van der Waals surface area contributed by atoms with Crippen LogP contribution in [-0.2, 0) is 10.0 Å². The van der Waals surface area contributed by atoms with Crippen molar-refractivity contribution in [2.75, 3.05) is 44.3 Å². The smallest absolute Gasteiger partial charge is 0.243 e. The summed E-state index contributed by atoms with van der Waals surface area (Å²) in [7, 11) is -3.62. The third-order valence-electron chi connectivity index (χ3n) is 5.12. The van der Waals surface area contributed by atoms with Crippen molar-refractivity contribution in [1.29, 1.82) is 0 Å². The van der Waals surface area contributed by atoms with Gasteiger partial charge in [0.1, 0.15) is 37.5 Å². The van der Waals surface area contributed by atoms with Crippen molar-refractivity contribution in [1.82, 2.24) is 23.8 Å². The van der Waals surface area contributed by atoms with Crippen molar-refractivity contribution >= 4 is 15.8 Å². The van der Waals surface area contributed by atoms with Crippen LogP contribution in [0.25, 0.3) is 5.82 Å². The quantitative estimate of drug-likeness (QED) is 0.605. The highest BCUT2D eigenvalue weighted by Gasteiger charge is 2.30. The molecule has 0 aliphatic carbocycles. The van der Waals surface area contributed by atoms with E-state index in [1.807, 2.05) is 12.3 Å². The van der Waals surface area contributed by atoms with E-state index in [0.29, 0.717) is 56.7 Å². The number of hydrogen-bond donors (Lipinski definition) is 0. The summed E-state index contributed by atoms with van der Waals surface area (Å²) in [5, 5.41) is 0. The van der Waals surface area contributed by atoms with E-state index < -0.39 is 10.0 Å². The van der Waals surface area contributed by atoms with E-state index in [0.717, 1.165) is 5.82 Å². The monoisotopic (exact) mass is 428 g/mol. The molecule has 1 saturated heterocycles. The van der Waals surface area contributed by atoms with E-state index in [2.05, 4.69) is 19.9 Å². The van der Waals surface area contributed by atoms with Gasteiger partial charge in [-0.25, -0.2) is 23.4 Å². The molecule has 0 spiro atoms. The van der Waals surface area contributed by atoms with Crippen LogP contribution >= 0.6 is 0 Å². The first-order valence-electron chi connectivity index (χ1n) is 9.56. The largest absolute Gasteiger partial charge is 0.486 e. The Kier molecular flexibility index (Phi) is 4.75. The lowest BCUT2D eigenvalue weighted by Gasteiger charge is -2.34. The van der Waals surface area contributed by atoms with Gasteiger partial charge in [0.2, 0.25) is 10.0 Å².